The second-order valence-electron chi connectivity index (χ2n) is 13.8. The van der Waals surface area contributed by atoms with E-state index in [4.69, 9.17) is 14.9 Å². The Morgan fingerprint density at radius 1 is 0.980 bits per heavy atom. The monoisotopic (exact) mass is 690 g/mol. The number of halogens is 1. The highest BCUT2D eigenvalue weighted by atomic mass is 19.3. The number of unbranched alkanes of at least 4 members (excludes halogenated alkanes) is 1. The van der Waals surface area contributed by atoms with E-state index in [0.29, 0.717) is 18.2 Å². The highest BCUT2D eigenvalue weighted by Crippen LogP contribution is 2.31. The molecule has 6 rings (SSSR count). The first-order valence-corrected chi connectivity index (χ1v) is 18.4. The summed E-state index contributed by atoms with van der Waals surface area (Å²) in [4.78, 5) is 38.3. The molecule has 3 aliphatic rings. The van der Waals surface area contributed by atoms with Crippen LogP contribution in [-0.4, -0.2) is 107 Å². The molecular weight excluding hydrogens is 635 g/mol. The van der Waals surface area contributed by atoms with Gasteiger partial charge in [-0.25, -0.2) is 9.67 Å². The number of piperazine rings is 2. The van der Waals surface area contributed by atoms with E-state index in [2.05, 4.69) is 98.6 Å². The highest BCUT2D eigenvalue weighted by molar-refractivity contribution is 5.76. The minimum absolute atomic E-state index is 0.292. The van der Waals surface area contributed by atoms with Crippen molar-refractivity contribution in [1.29, 1.82) is 0 Å². The van der Waals surface area contributed by atoms with Gasteiger partial charge in [0.25, 0.3) is 0 Å². The van der Waals surface area contributed by atoms with E-state index in [9.17, 15) is 9.32 Å². The number of fused-ring (bicyclic) bond motifs is 1. The van der Waals surface area contributed by atoms with E-state index >= 15 is 0 Å². The Morgan fingerprint density at radius 3 is 2.36 bits per heavy atom. The van der Waals surface area contributed by atoms with E-state index in [0.717, 1.165) is 121 Å². The molecule has 0 saturated carbocycles. The molecule has 1 atom stereocenters. The summed E-state index contributed by atoms with van der Waals surface area (Å²) >= 11 is 0. The first-order chi connectivity index (χ1) is 24.3. The van der Waals surface area contributed by atoms with Crippen molar-refractivity contribution in [2.45, 2.75) is 78.7 Å². The van der Waals surface area contributed by atoms with Crippen molar-refractivity contribution in [2.75, 3.05) is 75.7 Å². The summed E-state index contributed by atoms with van der Waals surface area (Å²) < 4.78 is 12.0. The van der Waals surface area contributed by atoms with E-state index < -0.39 is 0 Å². The lowest BCUT2D eigenvalue weighted by atomic mass is 9.94. The topological polar surface area (TPSA) is 99.1 Å². The summed E-state index contributed by atoms with van der Waals surface area (Å²) in [6.45, 7) is 19.0. The normalized spacial score (nSPS) is 17.3. The van der Waals surface area contributed by atoms with Gasteiger partial charge in [-0.15, -0.1) is 0 Å². The number of nitrogens with one attached hydrogen (secondary N) is 1. The maximum absolute atomic E-state index is 12.7. The molecule has 11 nitrogen and oxygen atoms in total. The molecule has 1 N–H and O–H groups in total. The number of anilines is 2. The van der Waals surface area contributed by atoms with Crippen LogP contribution in [0, 0.1) is 13.8 Å². The molecule has 50 heavy (non-hydrogen) atoms. The van der Waals surface area contributed by atoms with Crippen LogP contribution in [0.3, 0.4) is 0 Å². The first kappa shape index (κ1) is 37.2. The minimum atomic E-state index is -0.292. The second kappa shape index (κ2) is 18.3. The van der Waals surface area contributed by atoms with Crippen LogP contribution in [0.15, 0.2) is 36.4 Å². The second-order valence-corrected chi connectivity index (χ2v) is 13.8. The fourth-order valence-electron chi connectivity index (χ4n) is 7.35. The van der Waals surface area contributed by atoms with E-state index in [1.54, 1.807) is 0 Å². The molecule has 3 aromatic rings. The third-order valence-electron chi connectivity index (χ3n) is 10.2. The summed E-state index contributed by atoms with van der Waals surface area (Å²) in [7, 11) is 0. The molecule has 2 saturated heterocycles. The molecule has 0 spiro atoms. The van der Waals surface area contributed by atoms with Gasteiger partial charge in [0.15, 0.2) is 0 Å². The van der Waals surface area contributed by atoms with Gasteiger partial charge < -0.3 is 20.0 Å². The van der Waals surface area contributed by atoms with Crippen LogP contribution in [0.1, 0.15) is 80.1 Å². The number of carbonyl (C=O) groups excluding carboxylic acids is 2. The van der Waals surface area contributed by atoms with Gasteiger partial charge in [-0.1, -0.05) is 26.3 Å². The van der Waals surface area contributed by atoms with Crippen molar-refractivity contribution in [3.05, 3.63) is 64.6 Å². The largest absolute Gasteiger partial charge is 0.370 e. The lowest BCUT2D eigenvalue weighted by molar-refractivity contribution is -0.165. The lowest BCUT2D eigenvalue weighted by Crippen LogP contribution is -2.48. The molecule has 2 fully saturated rings. The van der Waals surface area contributed by atoms with Gasteiger partial charge in [0.2, 0.25) is 5.91 Å². The van der Waals surface area contributed by atoms with Crippen molar-refractivity contribution in [1.82, 2.24) is 29.5 Å². The van der Waals surface area contributed by atoms with Crippen LogP contribution in [0.2, 0.25) is 0 Å². The molecule has 5 heterocycles. The van der Waals surface area contributed by atoms with Crippen LogP contribution in [-0.2, 0) is 27.5 Å². The van der Waals surface area contributed by atoms with Gasteiger partial charge in [-0.3, -0.25) is 19.4 Å². The van der Waals surface area contributed by atoms with E-state index in [1.807, 2.05) is 0 Å². The number of hydrogen-bond acceptors (Lipinski definition) is 9. The predicted octanol–water partition coefficient (Wildman–Crippen LogP) is 5.44. The third-order valence-corrected chi connectivity index (χ3v) is 10.2. The number of nitrogens with zero attached hydrogens (tertiary/aromatic N) is 7. The van der Waals surface area contributed by atoms with Gasteiger partial charge in [-0.05, 0) is 86.9 Å². The maximum Gasteiger partial charge on any atom is 0.337 e. The first-order valence-electron chi connectivity index (χ1n) is 18.4. The van der Waals surface area contributed by atoms with Crippen LogP contribution < -0.4 is 10.2 Å². The summed E-state index contributed by atoms with van der Waals surface area (Å²) in [5.41, 5.74) is 8.49. The van der Waals surface area contributed by atoms with E-state index in [-0.39, 0.29) is 6.47 Å². The standard InChI is InChI=1S/C37H54N8O.CHFO2/c1-5-7-10-36(46)44-20-18-43(19-21-44)34-23-32(24-35(25-34)45-29(4)22-28(3)40-45)30(6-2)26-41-14-16-42(17-15-41)27-33-12-11-31-9-8-13-38-37(31)39-33;2-4-1-3/h11-12,22-25,30H,5-10,13-21,26-27H2,1-4H3,(H,38,39);1H/t30-;/m1./s1. The number of aromatic nitrogens is 3. The molecule has 0 bridgehead atoms. The molecule has 0 unspecified atom stereocenters. The fraction of sp³-hybridized carbons (Fsp3) is 0.579. The number of pyridine rings is 1. The molecule has 1 aromatic carbocycles. The molecule has 1 amide bonds. The predicted molar refractivity (Wildman–Crippen MR) is 195 cm³/mol. The number of hydrogen-bond donors (Lipinski definition) is 1. The van der Waals surface area contributed by atoms with Crippen LogP contribution in [0.5, 0.6) is 0 Å². The van der Waals surface area contributed by atoms with Gasteiger partial charge in [-0.2, -0.15) is 5.10 Å². The number of benzene rings is 1. The summed E-state index contributed by atoms with van der Waals surface area (Å²) in [6, 6.07) is 13.7. The molecule has 2 aromatic heterocycles. The van der Waals surface area contributed by atoms with Gasteiger partial charge in [0.1, 0.15) is 5.82 Å². The average molecular weight is 691 g/mol. The van der Waals surface area contributed by atoms with E-state index in [1.165, 1.54) is 28.9 Å². The third kappa shape index (κ3) is 9.81. The average Bonchev–Trinajstić information content (AvgIpc) is 3.50. The summed E-state index contributed by atoms with van der Waals surface area (Å²) in [5.74, 6) is 1.84. The lowest BCUT2D eigenvalue weighted by Gasteiger charge is -2.38. The number of rotatable bonds is 12. The summed E-state index contributed by atoms with van der Waals surface area (Å²) in [6.07, 6.45) is 6.13. The zero-order chi connectivity index (χ0) is 35.5. The minimum Gasteiger partial charge on any atom is -0.370 e. The Bertz CT molecular complexity index is 1550. The van der Waals surface area contributed by atoms with Gasteiger partial charge in [0, 0.05) is 94.3 Å². The van der Waals surface area contributed by atoms with Crippen molar-refractivity contribution < 1.29 is 19.1 Å². The highest BCUT2D eigenvalue weighted by Gasteiger charge is 2.25. The van der Waals surface area contributed by atoms with Crippen LogP contribution in [0.4, 0.5) is 16.0 Å². The quantitative estimate of drug-likeness (QED) is 0.249. The van der Waals surface area contributed by atoms with Crippen LogP contribution >= 0.6 is 0 Å². The smallest absolute Gasteiger partial charge is 0.337 e. The number of carbonyl (C=O) groups is 2. The Kier molecular flexibility index (Phi) is 13.6. The van der Waals surface area contributed by atoms with Crippen molar-refractivity contribution in [2.24, 2.45) is 0 Å². The van der Waals surface area contributed by atoms with Gasteiger partial charge in [0.05, 0.1) is 17.1 Å². The van der Waals surface area contributed by atoms with Crippen LogP contribution in [0.25, 0.3) is 5.69 Å². The van der Waals surface area contributed by atoms with Crippen molar-refractivity contribution in [3.63, 3.8) is 0 Å². The van der Waals surface area contributed by atoms with Gasteiger partial charge >= 0.3 is 6.47 Å². The zero-order valence-electron chi connectivity index (χ0n) is 30.4. The molecule has 3 aliphatic heterocycles. The SMILES string of the molecule is CCCCC(=O)N1CCN(c2cc([C@H](CC)CN3CCN(Cc4ccc5c(n4)NCCC5)CC3)cc(-n3nc(C)cc3C)c2)CC1.O=COF. The number of amides is 1. The summed E-state index contributed by atoms with van der Waals surface area (Å²) in [5, 5.41) is 8.34. The zero-order valence-corrected chi connectivity index (χ0v) is 30.4. The van der Waals surface area contributed by atoms with Crippen molar-refractivity contribution >= 4 is 23.9 Å². The number of aryl methyl sites for hydroxylation is 3. The molecule has 272 valence electrons. The molecule has 12 heteroatoms. The maximum atomic E-state index is 12.7. The Balaban J connectivity index is 0.00000115. The molecule has 0 aliphatic carbocycles. The molecular formula is C38H55FN8O3. The Labute approximate surface area is 296 Å². The molecule has 0 radical (unpaired) electrons. The fourth-order valence-corrected chi connectivity index (χ4v) is 7.35. The Hall–Kier alpha value is -4.03. The van der Waals surface area contributed by atoms with Crippen molar-refractivity contribution in [3.8, 4) is 5.69 Å². The Morgan fingerprint density at radius 2 is 1.70 bits per heavy atom.